The molecule has 6 nitrogen and oxygen atoms in total. The minimum Gasteiger partial charge on any atom is -0.493 e. The van der Waals surface area contributed by atoms with Crippen LogP contribution in [0.3, 0.4) is 0 Å². The van der Waals surface area contributed by atoms with Crippen LogP contribution in [0.2, 0.25) is 0 Å². The average Bonchev–Trinajstić information content (AvgIpc) is 3.14. The SMILES string of the molecule is CC(=O)Nc1ccc(-c2csc(NC(=O)CCCOc3ccccc3C)n2)c(F)c1. The van der Waals surface area contributed by atoms with E-state index >= 15 is 0 Å². The highest BCUT2D eigenvalue weighted by molar-refractivity contribution is 7.14. The van der Waals surface area contributed by atoms with Crippen molar-refractivity contribution in [3.05, 3.63) is 59.2 Å². The highest BCUT2D eigenvalue weighted by Gasteiger charge is 2.12. The van der Waals surface area contributed by atoms with Crippen LogP contribution in [0.1, 0.15) is 25.3 Å². The van der Waals surface area contributed by atoms with E-state index in [2.05, 4.69) is 15.6 Å². The van der Waals surface area contributed by atoms with Gasteiger partial charge in [0.25, 0.3) is 0 Å². The second-order valence-electron chi connectivity index (χ2n) is 6.68. The standard InChI is InChI=1S/C22H22FN3O3S/c1-14-6-3-4-7-20(14)29-11-5-8-21(28)26-22-25-19(13-30-22)17-10-9-16(12-18(17)23)24-15(2)27/h3-4,6-7,9-10,12-13H,5,8,11H2,1-2H3,(H,24,27)(H,25,26,28). The van der Waals surface area contributed by atoms with E-state index in [-0.39, 0.29) is 11.8 Å². The quantitative estimate of drug-likeness (QED) is 0.495. The molecule has 0 saturated carbocycles. The van der Waals surface area contributed by atoms with E-state index in [4.69, 9.17) is 4.74 Å². The number of amides is 2. The van der Waals surface area contributed by atoms with Crippen molar-refractivity contribution in [1.82, 2.24) is 4.98 Å². The van der Waals surface area contributed by atoms with Crippen molar-refractivity contribution in [2.45, 2.75) is 26.7 Å². The summed E-state index contributed by atoms with van der Waals surface area (Å²) in [6.07, 6.45) is 0.859. The van der Waals surface area contributed by atoms with Crippen LogP contribution >= 0.6 is 11.3 Å². The molecule has 0 spiro atoms. The molecule has 2 N–H and O–H groups in total. The first kappa shape index (κ1) is 21.4. The third-order valence-electron chi connectivity index (χ3n) is 4.22. The third-order valence-corrected chi connectivity index (χ3v) is 4.97. The Kier molecular flexibility index (Phi) is 7.13. The second kappa shape index (κ2) is 9.98. The Hall–Kier alpha value is -3.26. The lowest BCUT2D eigenvalue weighted by atomic mass is 10.1. The zero-order valence-electron chi connectivity index (χ0n) is 16.7. The van der Waals surface area contributed by atoms with Gasteiger partial charge in [-0.3, -0.25) is 9.59 Å². The number of aryl methyl sites for hydroxylation is 1. The highest BCUT2D eigenvalue weighted by Crippen LogP contribution is 2.28. The van der Waals surface area contributed by atoms with E-state index < -0.39 is 5.82 Å². The van der Waals surface area contributed by atoms with Crippen LogP contribution in [0, 0.1) is 12.7 Å². The van der Waals surface area contributed by atoms with E-state index in [0.717, 1.165) is 11.3 Å². The van der Waals surface area contributed by atoms with Gasteiger partial charge in [-0.2, -0.15) is 0 Å². The van der Waals surface area contributed by atoms with Crippen molar-refractivity contribution in [2.24, 2.45) is 0 Å². The van der Waals surface area contributed by atoms with Gasteiger partial charge in [0.05, 0.1) is 12.3 Å². The van der Waals surface area contributed by atoms with Gasteiger partial charge in [0.15, 0.2) is 5.13 Å². The fourth-order valence-corrected chi connectivity index (χ4v) is 3.50. The Morgan fingerprint density at radius 3 is 2.70 bits per heavy atom. The largest absolute Gasteiger partial charge is 0.493 e. The number of carbonyl (C=O) groups is 2. The van der Waals surface area contributed by atoms with E-state index in [1.54, 1.807) is 17.5 Å². The Bertz CT molecular complexity index is 1050. The van der Waals surface area contributed by atoms with Crippen molar-refractivity contribution in [3.63, 3.8) is 0 Å². The molecule has 1 aromatic heterocycles. The molecule has 30 heavy (non-hydrogen) atoms. The van der Waals surface area contributed by atoms with Gasteiger partial charge >= 0.3 is 0 Å². The molecular weight excluding hydrogens is 405 g/mol. The number of hydrogen-bond donors (Lipinski definition) is 2. The summed E-state index contributed by atoms with van der Waals surface area (Å²) in [6, 6.07) is 12.1. The summed E-state index contributed by atoms with van der Waals surface area (Å²) >= 11 is 1.22. The molecule has 3 rings (SSSR count). The molecule has 1 heterocycles. The molecule has 0 aliphatic heterocycles. The molecule has 0 saturated heterocycles. The van der Waals surface area contributed by atoms with Gasteiger partial charge in [0.1, 0.15) is 11.6 Å². The van der Waals surface area contributed by atoms with E-state index in [1.165, 1.54) is 24.3 Å². The maximum Gasteiger partial charge on any atom is 0.226 e. The Labute approximate surface area is 178 Å². The molecule has 3 aromatic rings. The first-order valence-electron chi connectivity index (χ1n) is 9.43. The molecule has 0 aliphatic rings. The zero-order chi connectivity index (χ0) is 21.5. The molecule has 2 amide bonds. The number of nitrogens with one attached hydrogen (secondary N) is 2. The lowest BCUT2D eigenvalue weighted by Crippen LogP contribution is -2.12. The van der Waals surface area contributed by atoms with Crippen LogP contribution in [0.15, 0.2) is 47.8 Å². The van der Waals surface area contributed by atoms with Crippen LogP contribution in [0.5, 0.6) is 5.75 Å². The van der Waals surface area contributed by atoms with E-state index in [1.807, 2.05) is 31.2 Å². The van der Waals surface area contributed by atoms with Gasteiger partial charge < -0.3 is 15.4 Å². The first-order valence-corrected chi connectivity index (χ1v) is 10.3. The average molecular weight is 428 g/mol. The van der Waals surface area contributed by atoms with Crippen molar-refractivity contribution < 1.29 is 18.7 Å². The summed E-state index contributed by atoms with van der Waals surface area (Å²) in [5, 5.41) is 7.34. The normalized spacial score (nSPS) is 10.5. The topological polar surface area (TPSA) is 80.3 Å². The minimum atomic E-state index is -0.502. The number of rotatable bonds is 8. The van der Waals surface area contributed by atoms with Gasteiger partial charge in [-0.1, -0.05) is 18.2 Å². The van der Waals surface area contributed by atoms with Crippen molar-refractivity contribution >= 4 is 34.0 Å². The Morgan fingerprint density at radius 1 is 1.17 bits per heavy atom. The molecule has 156 valence electrons. The molecule has 2 aromatic carbocycles. The number of ether oxygens (including phenoxy) is 1. The van der Waals surface area contributed by atoms with Gasteiger partial charge in [-0.15, -0.1) is 11.3 Å². The lowest BCUT2D eigenvalue weighted by Gasteiger charge is -2.08. The van der Waals surface area contributed by atoms with Crippen LogP contribution in [-0.4, -0.2) is 23.4 Å². The zero-order valence-corrected chi connectivity index (χ0v) is 17.5. The number of aromatic nitrogens is 1. The van der Waals surface area contributed by atoms with E-state index in [0.29, 0.717) is 41.5 Å². The molecule has 0 radical (unpaired) electrons. The smallest absolute Gasteiger partial charge is 0.226 e. The summed E-state index contributed by atoms with van der Waals surface area (Å²) in [4.78, 5) is 27.5. The summed E-state index contributed by atoms with van der Waals surface area (Å²) in [5.74, 6) is -0.136. The van der Waals surface area contributed by atoms with Crippen molar-refractivity contribution in [3.8, 4) is 17.0 Å². The second-order valence-corrected chi connectivity index (χ2v) is 7.54. The monoisotopic (exact) mass is 427 g/mol. The maximum atomic E-state index is 14.3. The predicted molar refractivity (Wildman–Crippen MR) is 116 cm³/mol. The van der Waals surface area contributed by atoms with Crippen molar-refractivity contribution in [1.29, 1.82) is 0 Å². The van der Waals surface area contributed by atoms with E-state index in [9.17, 15) is 14.0 Å². The molecule has 0 aliphatic carbocycles. The van der Waals surface area contributed by atoms with Crippen LogP contribution in [0.25, 0.3) is 11.3 Å². The van der Waals surface area contributed by atoms with Gasteiger partial charge in [0, 0.05) is 30.0 Å². The fraction of sp³-hybridized carbons (Fsp3) is 0.227. The van der Waals surface area contributed by atoms with Crippen LogP contribution in [0.4, 0.5) is 15.2 Å². The molecule has 0 fully saturated rings. The molecular formula is C22H22FN3O3S. The van der Waals surface area contributed by atoms with Crippen molar-refractivity contribution in [2.75, 3.05) is 17.2 Å². The lowest BCUT2D eigenvalue weighted by molar-refractivity contribution is -0.116. The molecule has 0 atom stereocenters. The van der Waals surface area contributed by atoms with Crippen LogP contribution < -0.4 is 15.4 Å². The summed E-state index contributed by atoms with van der Waals surface area (Å²) < 4.78 is 20.0. The fourth-order valence-electron chi connectivity index (χ4n) is 2.77. The summed E-state index contributed by atoms with van der Waals surface area (Å²) in [6.45, 7) is 3.77. The third kappa shape index (κ3) is 5.87. The number of nitrogens with zero attached hydrogens (tertiary/aromatic N) is 1. The highest BCUT2D eigenvalue weighted by atomic mass is 32.1. The van der Waals surface area contributed by atoms with Gasteiger partial charge in [-0.25, -0.2) is 9.37 Å². The number of carbonyl (C=O) groups excluding carboxylic acids is 2. The Balaban J connectivity index is 1.51. The maximum absolute atomic E-state index is 14.3. The van der Waals surface area contributed by atoms with Crippen LogP contribution in [-0.2, 0) is 9.59 Å². The summed E-state index contributed by atoms with van der Waals surface area (Å²) in [5.41, 5.74) is 2.15. The summed E-state index contributed by atoms with van der Waals surface area (Å²) in [7, 11) is 0. The number of thiazole rings is 1. The first-order chi connectivity index (χ1) is 14.4. The molecule has 0 unspecified atom stereocenters. The predicted octanol–water partition coefficient (Wildman–Crippen LogP) is 5.01. The number of para-hydroxylation sites is 1. The minimum absolute atomic E-state index is 0.175. The van der Waals surface area contributed by atoms with Gasteiger partial charge in [-0.05, 0) is 43.2 Å². The number of hydrogen-bond acceptors (Lipinski definition) is 5. The number of halogens is 1. The molecule has 8 heteroatoms. The number of anilines is 2. The number of benzene rings is 2. The molecule has 0 bridgehead atoms. The Morgan fingerprint density at radius 2 is 1.97 bits per heavy atom. The van der Waals surface area contributed by atoms with Gasteiger partial charge in [0.2, 0.25) is 11.8 Å².